The molecule has 3 aliphatic rings. The molecule has 0 amide bonds. The van der Waals surface area contributed by atoms with Crippen LogP contribution in [0.3, 0.4) is 0 Å². The summed E-state index contributed by atoms with van der Waals surface area (Å²) in [5.41, 5.74) is 0. The molecule has 3 heterocycles. The highest BCUT2D eigenvalue weighted by Gasteiger charge is 2.30. The highest BCUT2D eigenvalue weighted by Crippen LogP contribution is 2.26. The van der Waals surface area contributed by atoms with Crippen molar-refractivity contribution in [2.24, 2.45) is 4.99 Å². The van der Waals surface area contributed by atoms with Gasteiger partial charge in [0.15, 0.2) is 11.8 Å². The number of aromatic nitrogens is 3. The first-order chi connectivity index (χ1) is 12.3. The van der Waals surface area contributed by atoms with Crippen LogP contribution in [0.5, 0.6) is 0 Å². The maximum Gasteiger partial charge on any atom is 0.191 e. The zero-order chi connectivity index (χ0) is 17.1. The van der Waals surface area contributed by atoms with Crippen molar-refractivity contribution >= 4 is 29.9 Å². The lowest BCUT2D eigenvalue weighted by Gasteiger charge is -2.24. The van der Waals surface area contributed by atoms with Gasteiger partial charge in [0.05, 0.1) is 0 Å². The van der Waals surface area contributed by atoms with E-state index in [1.165, 1.54) is 45.1 Å². The molecule has 0 spiro atoms. The van der Waals surface area contributed by atoms with E-state index in [1.807, 2.05) is 0 Å². The molecule has 4 rings (SSSR count). The monoisotopic (exact) mass is 473 g/mol. The molecule has 2 aliphatic heterocycles. The Kier molecular flexibility index (Phi) is 7.13. The van der Waals surface area contributed by atoms with Crippen molar-refractivity contribution in [3.05, 3.63) is 11.6 Å². The minimum atomic E-state index is 0. The number of hydrogen-bond acceptors (Lipinski definition) is 4. The highest BCUT2D eigenvalue weighted by molar-refractivity contribution is 14.0. The smallest absolute Gasteiger partial charge is 0.191 e. The number of rotatable bonds is 5. The van der Waals surface area contributed by atoms with Crippen molar-refractivity contribution in [2.75, 3.05) is 19.6 Å². The molecule has 1 aromatic rings. The molecule has 1 saturated carbocycles. The highest BCUT2D eigenvalue weighted by atomic mass is 127. The molecule has 0 aromatic carbocycles. The molecule has 1 unspecified atom stereocenters. The van der Waals surface area contributed by atoms with Crippen molar-refractivity contribution in [2.45, 2.75) is 77.0 Å². The molecule has 1 aliphatic carbocycles. The second-order valence-electron chi connectivity index (χ2n) is 7.55. The van der Waals surface area contributed by atoms with Gasteiger partial charge in [0.25, 0.3) is 0 Å². The van der Waals surface area contributed by atoms with Gasteiger partial charge in [0.2, 0.25) is 0 Å². The van der Waals surface area contributed by atoms with Crippen molar-refractivity contribution in [3.63, 3.8) is 0 Å². The summed E-state index contributed by atoms with van der Waals surface area (Å²) in [4.78, 5) is 7.45. The number of halogens is 1. The second kappa shape index (κ2) is 9.34. The van der Waals surface area contributed by atoms with Gasteiger partial charge in [-0.15, -0.1) is 34.2 Å². The fourth-order valence-electron chi connectivity index (χ4n) is 4.50. The molecule has 146 valence electrons. The van der Waals surface area contributed by atoms with Gasteiger partial charge in [-0.05, 0) is 32.6 Å². The summed E-state index contributed by atoms with van der Waals surface area (Å²) in [5, 5.41) is 15.6. The lowest BCUT2D eigenvalue weighted by molar-refractivity contribution is 0.242. The SMILES string of the molecule is CCNC(=NCc1nnc2n1CCC2)NC1CCN(C2CCCC2)C1.I. The normalized spacial score (nSPS) is 23.9. The van der Waals surface area contributed by atoms with Gasteiger partial charge in [0.1, 0.15) is 12.4 Å². The second-order valence-corrected chi connectivity index (χ2v) is 7.55. The van der Waals surface area contributed by atoms with Gasteiger partial charge in [-0.2, -0.15) is 0 Å². The Morgan fingerprint density at radius 2 is 2.00 bits per heavy atom. The fraction of sp³-hybridized carbons (Fsp3) is 0.833. The molecule has 1 aromatic heterocycles. The Labute approximate surface area is 173 Å². The first-order valence-electron chi connectivity index (χ1n) is 10.0. The van der Waals surface area contributed by atoms with Gasteiger partial charge in [-0.1, -0.05) is 12.8 Å². The first-order valence-corrected chi connectivity index (χ1v) is 10.0. The van der Waals surface area contributed by atoms with Crippen LogP contribution in [0.2, 0.25) is 0 Å². The number of guanidine groups is 1. The molecule has 1 saturated heterocycles. The Balaban J connectivity index is 0.00000196. The lowest BCUT2D eigenvalue weighted by Crippen LogP contribution is -2.45. The van der Waals surface area contributed by atoms with E-state index in [2.05, 4.69) is 37.2 Å². The van der Waals surface area contributed by atoms with Crippen LogP contribution < -0.4 is 10.6 Å². The molecular weight excluding hydrogens is 441 g/mol. The summed E-state index contributed by atoms with van der Waals surface area (Å²) in [6.07, 6.45) is 9.03. The molecule has 26 heavy (non-hydrogen) atoms. The summed E-state index contributed by atoms with van der Waals surface area (Å²) < 4.78 is 2.23. The number of nitrogens with one attached hydrogen (secondary N) is 2. The fourth-order valence-corrected chi connectivity index (χ4v) is 4.50. The van der Waals surface area contributed by atoms with Crippen LogP contribution >= 0.6 is 24.0 Å². The first kappa shape index (κ1) is 19.9. The van der Waals surface area contributed by atoms with Gasteiger partial charge >= 0.3 is 0 Å². The molecule has 8 heteroatoms. The van der Waals surface area contributed by atoms with Crippen LogP contribution in [0.25, 0.3) is 0 Å². The number of aryl methyl sites for hydroxylation is 1. The lowest BCUT2D eigenvalue weighted by atomic mass is 10.2. The van der Waals surface area contributed by atoms with E-state index < -0.39 is 0 Å². The van der Waals surface area contributed by atoms with E-state index in [1.54, 1.807) is 0 Å². The zero-order valence-electron chi connectivity index (χ0n) is 15.8. The molecule has 2 N–H and O–H groups in total. The van der Waals surface area contributed by atoms with E-state index in [0.29, 0.717) is 12.6 Å². The molecule has 0 bridgehead atoms. The predicted molar refractivity (Wildman–Crippen MR) is 114 cm³/mol. The van der Waals surface area contributed by atoms with E-state index in [-0.39, 0.29) is 24.0 Å². The Morgan fingerprint density at radius 1 is 1.15 bits per heavy atom. The van der Waals surface area contributed by atoms with Crippen molar-refractivity contribution in [1.82, 2.24) is 30.3 Å². The Hall–Kier alpha value is -0.900. The number of aliphatic imine (C=N–C) groups is 1. The topological polar surface area (TPSA) is 70.4 Å². The minimum Gasteiger partial charge on any atom is -0.357 e. The maximum absolute atomic E-state index is 4.77. The van der Waals surface area contributed by atoms with Crippen LogP contribution in [-0.2, 0) is 19.5 Å². The van der Waals surface area contributed by atoms with Crippen LogP contribution in [0.15, 0.2) is 4.99 Å². The molecule has 0 radical (unpaired) electrons. The van der Waals surface area contributed by atoms with Crippen molar-refractivity contribution in [1.29, 1.82) is 0 Å². The summed E-state index contributed by atoms with van der Waals surface area (Å²) in [5.74, 6) is 3.02. The van der Waals surface area contributed by atoms with Crippen molar-refractivity contribution < 1.29 is 0 Å². The summed E-state index contributed by atoms with van der Waals surface area (Å²) in [7, 11) is 0. The Morgan fingerprint density at radius 3 is 2.81 bits per heavy atom. The quantitative estimate of drug-likeness (QED) is 0.389. The zero-order valence-corrected chi connectivity index (χ0v) is 18.1. The van der Waals surface area contributed by atoms with Crippen LogP contribution in [0.4, 0.5) is 0 Å². The van der Waals surface area contributed by atoms with Gasteiger partial charge in [0, 0.05) is 44.7 Å². The van der Waals surface area contributed by atoms with Crippen molar-refractivity contribution in [3.8, 4) is 0 Å². The van der Waals surface area contributed by atoms with E-state index in [9.17, 15) is 0 Å². The molecule has 1 atom stereocenters. The molecule has 2 fully saturated rings. The third-order valence-corrected chi connectivity index (χ3v) is 5.81. The van der Waals surface area contributed by atoms with Crippen LogP contribution in [0, 0.1) is 0 Å². The average molecular weight is 473 g/mol. The summed E-state index contributed by atoms with van der Waals surface area (Å²) in [6.45, 7) is 7.00. The number of nitrogens with zero attached hydrogens (tertiary/aromatic N) is 5. The van der Waals surface area contributed by atoms with Gasteiger partial charge < -0.3 is 15.2 Å². The Bertz CT molecular complexity index is 609. The average Bonchev–Trinajstić information content (AvgIpc) is 3.36. The predicted octanol–water partition coefficient (Wildman–Crippen LogP) is 1.91. The van der Waals surface area contributed by atoms with Crippen LogP contribution in [0.1, 0.15) is 57.1 Å². The third-order valence-electron chi connectivity index (χ3n) is 5.81. The molecular formula is C18H32IN7. The van der Waals surface area contributed by atoms with Crippen LogP contribution in [-0.4, -0.2) is 57.3 Å². The van der Waals surface area contributed by atoms with Gasteiger partial charge in [-0.25, -0.2) is 4.99 Å². The molecule has 7 nitrogen and oxygen atoms in total. The standard InChI is InChI=1S/C18H31N7.HI/c1-2-19-18(20-12-17-23-22-16-8-5-10-25(16)17)21-14-9-11-24(13-14)15-6-3-4-7-15;/h14-15H,2-13H2,1H3,(H2,19,20,21);1H. The van der Waals surface area contributed by atoms with E-state index >= 15 is 0 Å². The number of likely N-dealkylation sites (tertiary alicyclic amines) is 1. The van der Waals surface area contributed by atoms with Gasteiger partial charge in [-0.3, -0.25) is 4.90 Å². The largest absolute Gasteiger partial charge is 0.357 e. The van der Waals surface area contributed by atoms with E-state index in [0.717, 1.165) is 49.7 Å². The number of fused-ring (bicyclic) bond motifs is 1. The maximum atomic E-state index is 4.77. The van der Waals surface area contributed by atoms with E-state index in [4.69, 9.17) is 4.99 Å². The summed E-state index contributed by atoms with van der Waals surface area (Å²) in [6, 6.07) is 1.33. The third kappa shape index (κ3) is 4.49. The number of hydrogen-bond donors (Lipinski definition) is 2. The minimum absolute atomic E-state index is 0. The summed E-state index contributed by atoms with van der Waals surface area (Å²) >= 11 is 0.